The summed E-state index contributed by atoms with van der Waals surface area (Å²) in [5.41, 5.74) is 0. The van der Waals surface area contributed by atoms with E-state index in [0.717, 1.165) is 31.8 Å². The van der Waals surface area contributed by atoms with Gasteiger partial charge in [0.25, 0.3) is 0 Å². The normalized spacial score (nSPS) is 10.1. The molecule has 15 heavy (non-hydrogen) atoms. The molecule has 0 aromatic carbocycles. The minimum absolute atomic E-state index is 0.367. The summed E-state index contributed by atoms with van der Waals surface area (Å²) in [6.45, 7) is 2.42. The number of furan rings is 1. The SMILES string of the molecule is COCCCCNCc1ccc(C#N)o1. The maximum Gasteiger partial charge on any atom is 0.203 e. The maximum absolute atomic E-state index is 8.54. The first-order valence-corrected chi connectivity index (χ1v) is 5.05. The summed E-state index contributed by atoms with van der Waals surface area (Å²) >= 11 is 0. The number of unbranched alkanes of at least 4 members (excludes halogenated alkanes) is 1. The third-order valence-electron chi connectivity index (χ3n) is 2.02. The van der Waals surface area contributed by atoms with Gasteiger partial charge in [-0.1, -0.05) is 0 Å². The van der Waals surface area contributed by atoms with Crippen molar-refractivity contribution in [2.75, 3.05) is 20.3 Å². The number of methoxy groups -OCH3 is 1. The zero-order valence-corrected chi connectivity index (χ0v) is 8.95. The molecule has 0 saturated heterocycles. The highest BCUT2D eigenvalue weighted by Crippen LogP contribution is 2.05. The summed E-state index contributed by atoms with van der Waals surface area (Å²) in [6, 6.07) is 5.46. The lowest BCUT2D eigenvalue weighted by Crippen LogP contribution is -2.14. The molecule has 1 aromatic heterocycles. The van der Waals surface area contributed by atoms with Crippen molar-refractivity contribution in [1.29, 1.82) is 5.26 Å². The molecular formula is C11H16N2O2. The van der Waals surface area contributed by atoms with Crippen molar-refractivity contribution in [3.05, 3.63) is 23.7 Å². The van der Waals surface area contributed by atoms with Crippen molar-refractivity contribution < 1.29 is 9.15 Å². The summed E-state index contributed by atoms with van der Waals surface area (Å²) in [5.74, 6) is 1.17. The first-order chi connectivity index (χ1) is 7.36. The van der Waals surface area contributed by atoms with E-state index in [9.17, 15) is 0 Å². The predicted molar refractivity (Wildman–Crippen MR) is 56.2 cm³/mol. The number of ether oxygens (including phenoxy) is 1. The zero-order valence-electron chi connectivity index (χ0n) is 8.95. The van der Waals surface area contributed by atoms with Crippen LogP contribution in [-0.2, 0) is 11.3 Å². The summed E-state index contributed by atoms with van der Waals surface area (Å²) in [5, 5.41) is 11.8. The lowest BCUT2D eigenvalue weighted by Gasteiger charge is -2.01. The van der Waals surface area contributed by atoms with E-state index in [0.29, 0.717) is 12.3 Å². The van der Waals surface area contributed by atoms with Gasteiger partial charge in [0.15, 0.2) is 0 Å². The molecule has 0 saturated carbocycles. The molecule has 4 nitrogen and oxygen atoms in total. The molecule has 1 heterocycles. The Morgan fingerprint density at radius 3 is 3.00 bits per heavy atom. The van der Waals surface area contributed by atoms with Crippen LogP contribution in [0.5, 0.6) is 0 Å². The van der Waals surface area contributed by atoms with Crippen LogP contribution < -0.4 is 5.32 Å². The quantitative estimate of drug-likeness (QED) is 0.692. The van der Waals surface area contributed by atoms with E-state index in [-0.39, 0.29) is 0 Å². The molecular weight excluding hydrogens is 192 g/mol. The minimum atomic E-state index is 0.367. The molecule has 0 spiro atoms. The summed E-state index contributed by atoms with van der Waals surface area (Å²) in [4.78, 5) is 0. The lowest BCUT2D eigenvalue weighted by molar-refractivity contribution is 0.192. The molecule has 0 aliphatic heterocycles. The zero-order chi connectivity index (χ0) is 10.9. The van der Waals surface area contributed by atoms with Crippen LogP contribution in [0.15, 0.2) is 16.5 Å². The van der Waals surface area contributed by atoms with Crippen LogP contribution in [0.2, 0.25) is 0 Å². The van der Waals surface area contributed by atoms with Gasteiger partial charge < -0.3 is 14.5 Å². The van der Waals surface area contributed by atoms with E-state index < -0.39 is 0 Å². The van der Waals surface area contributed by atoms with E-state index in [1.165, 1.54) is 0 Å². The lowest BCUT2D eigenvalue weighted by atomic mass is 10.3. The molecule has 0 aliphatic carbocycles. The first-order valence-electron chi connectivity index (χ1n) is 5.05. The number of nitrogens with one attached hydrogen (secondary N) is 1. The van der Waals surface area contributed by atoms with Crippen LogP contribution in [0, 0.1) is 11.3 Å². The van der Waals surface area contributed by atoms with Gasteiger partial charge in [-0.25, -0.2) is 0 Å². The second-order valence-electron chi connectivity index (χ2n) is 3.25. The van der Waals surface area contributed by atoms with Crippen molar-refractivity contribution in [3.63, 3.8) is 0 Å². The molecule has 1 N–H and O–H groups in total. The van der Waals surface area contributed by atoms with Gasteiger partial charge in [-0.2, -0.15) is 5.26 Å². The molecule has 0 unspecified atom stereocenters. The van der Waals surface area contributed by atoms with Crippen LogP contribution in [0.3, 0.4) is 0 Å². The third kappa shape index (κ3) is 4.63. The summed E-state index contributed by atoms with van der Waals surface area (Å²) in [6.07, 6.45) is 2.14. The Kier molecular flexibility index (Phi) is 5.52. The number of hydrogen-bond donors (Lipinski definition) is 1. The van der Waals surface area contributed by atoms with Gasteiger partial charge in [-0.3, -0.25) is 0 Å². The van der Waals surface area contributed by atoms with Gasteiger partial charge in [0, 0.05) is 13.7 Å². The number of hydrogen-bond acceptors (Lipinski definition) is 4. The molecule has 1 rings (SSSR count). The highest BCUT2D eigenvalue weighted by atomic mass is 16.5. The minimum Gasteiger partial charge on any atom is -0.449 e. The van der Waals surface area contributed by atoms with E-state index in [1.54, 1.807) is 13.2 Å². The Labute approximate surface area is 89.8 Å². The van der Waals surface area contributed by atoms with Crippen LogP contribution in [0.4, 0.5) is 0 Å². The standard InChI is InChI=1S/C11H16N2O2/c1-14-7-3-2-6-13-9-11-5-4-10(8-12)15-11/h4-5,13H,2-3,6-7,9H2,1H3. The Morgan fingerprint density at radius 2 is 2.33 bits per heavy atom. The molecule has 0 fully saturated rings. The van der Waals surface area contributed by atoms with Crippen LogP contribution in [0.25, 0.3) is 0 Å². The van der Waals surface area contributed by atoms with Crippen molar-refractivity contribution in [3.8, 4) is 6.07 Å². The molecule has 0 amide bonds. The smallest absolute Gasteiger partial charge is 0.203 e. The summed E-state index contributed by atoms with van der Waals surface area (Å²) in [7, 11) is 1.71. The van der Waals surface area contributed by atoms with Crippen LogP contribution >= 0.6 is 0 Å². The number of rotatable bonds is 7. The fourth-order valence-corrected chi connectivity index (χ4v) is 1.24. The van der Waals surface area contributed by atoms with Gasteiger partial charge >= 0.3 is 0 Å². The monoisotopic (exact) mass is 208 g/mol. The fourth-order valence-electron chi connectivity index (χ4n) is 1.24. The highest BCUT2D eigenvalue weighted by Gasteiger charge is 1.99. The largest absolute Gasteiger partial charge is 0.449 e. The molecule has 4 heteroatoms. The van der Waals surface area contributed by atoms with Gasteiger partial charge in [-0.05, 0) is 31.5 Å². The Hall–Kier alpha value is -1.31. The highest BCUT2D eigenvalue weighted by molar-refractivity contribution is 5.18. The van der Waals surface area contributed by atoms with Gasteiger partial charge in [0.2, 0.25) is 5.76 Å². The Bertz CT molecular complexity index is 315. The Balaban J connectivity index is 2.07. The Morgan fingerprint density at radius 1 is 1.47 bits per heavy atom. The van der Waals surface area contributed by atoms with E-state index in [4.69, 9.17) is 14.4 Å². The van der Waals surface area contributed by atoms with Gasteiger partial charge in [0.05, 0.1) is 6.54 Å². The topological polar surface area (TPSA) is 58.2 Å². The van der Waals surface area contributed by atoms with Crippen LogP contribution in [-0.4, -0.2) is 20.3 Å². The molecule has 0 radical (unpaired) electrons. The molecule has 82 valence electrons. The molecule has 1 aromatic rings. The van der Waals surface area contributed by atoms with Crippen molar-refractivity contribution >= 4 is 0 Å². The average Bonchev–Trinajstić information content (AvgIpc) is 2.71. The van der Waals surface area contributed by atoms with Crippen molar-refractivity contribution in [1.82, 2.24) is 5.32 Å². The van der Waals surface area contributed by atoms with Crippen LogP contribution in [0.1, 0.15) is 24.4 Å². The fraction of sp³-hybridized carbons (Fsp3) is 0.545. The number of nitriles is 1. The van der Waals surface area contributed by atoms with E-state index >= 15 is 0 Å². The third-order valence-corrected chi connectivity index (χ3v) is 2.02. The maximum atomic E-state index is 8.54. The predicted octanol–water partition coefficient (Wildman–Crippen LogP) is 1.67. The first kappa shape index (κ1) is 11.8. The van der Waals surface area contributed by atoms with E-state index in [1.807, 2.05) is 12.1 Å². The summed E-state index contributed by atoms with van der Waals surface area (Å²) < 4.78 is 10.2. The number of nitrogens with zero attached hydrogens (tertiary/aromatic N) is 1. The van der Waals surface area contributed by atoms with E-state index in [2.05, 4.69) is 5.32 Å². The average molecular weight is 208 g/mol. The second kappa shape index (κ2) is 7.04. The van der Waals surface area contributed by atoms with Crippen molar-refractivity contribution in [2.24, 2.45) is 0 Å². The molecule has 0 aliphatic rings. The second-order valence-corrected chi connectivity index (χ2v) is 3.25. The van der Waals surface area contributed by atoms with Gasteiger partial charge in [-0.15, -0.1) is 0 Å². The van der Waals surface area contributed by atoms with Gasteiger partial charge in [0.1, 0.15) is 11.8 Å². The van der Waals surface area contributed by atoms with Crippen molar-refractivity contribution in [2.45, 2.75) is 19.4 Å². The molecule has 0 atom stereocenters. The molecule has 0 bridgehead atoms.